The van der Waals surface area contributed by atoms with Crippen molar-refractivity contribution in [2.75, 3.05) is 21.1 Å². The average Bonchev–Trinajstić information content (AvgIpc) is 2.56. The molecular weight excluding hydrogens is 278 g/mol. The summed E-state index contributed by atoms with van der Waals surface area (Å²) in [4.78, 5) is 2.00. The first-order chi connectivity index (χ1) is 11.1. The zero-order valence-corrected chi connectivity index (χ0v) is 15.3. The van der Waals surface area contributed by atoms with E-state index < -0.39 is 0 Å². The third kappa shape index (κ3) is 8.56. The van der Waals surface area contributed by atoms with Crippen LogP contribution in [0.5, 0.6) is 0 Å². The molecule has 0 fully saturated rings. The van der Waals surface area contributed by atoms with Crippen LogP contribution in [0.1, 0.15) is 56.1 Å². The van der Waals surface area contributed by atoms with Crippen molar-refractivity contribution in [2.45, 2.75) is 44.9 Å². The molecule has 0 heterocycles. The molecule has 0 N–H and O–H groups in total. The summed E-state index contributed by atoms with van der Waals surface area (Å²) >= 11 is 0. The standard InChI is InChI=1S/C19H24.C3H9N/c1-2-3-4-11-16-19(17-12-7-5-8-13-17)18-14-9-6-10-15-18;1-4(2)3/h5-10,12-15,19H,2-4,11,16H2,1H3;1-3H3. The van der Waals surface area contributed by atoms with Crippen LogP contribution in [0.4, 0.5) is 0 Å². The smallest absolute Gasteiger partial charge is 0.00893 e. The van der Waals surface area contributed by atoms with Crippen molar-refractivity contribution >= 4 is 0 Å². The van der Waals surface area contributed by atoms with E-state index in [1.165, 1.54) is 43.2 Å². The molecule has 0 amide bonds. The number of hydrogen-bond acceptors (Lipinski definition) is 1. The molecular formula is C22H33N. The Labute approximate surface area is 143 Å². The second-order valence-electron chi connectivity index (χ2n) is 6.56. The number of nitrogens with zero attached hydrogens (tertiary/aromatic N) is 1. The van der Waals surface area contributed by atoms with Crippen molar-refractivity contribution < 1.29 is 0 Å². The highest BCUT2D eigenvalue weighted by molar-refractivity contribution is 5.32. The van der Waals surface area contributed by atoms with E-state index in [1.54, 1.807) is 0 Å². The lowest BCUT2D eigenvalue weighted by Crippen LogP contribution is -2.01. The van der Waals surface area contributed by atoms with E-state index in [0.29, 0.717) is 5.92 Å². The molecule has 1 heteroatoms. The highest BCUT2D eigenvalue weighted by Crippen LogP contribution is 2.29. The number of rotatable bonds is 7. The predicted molar refractivity (Wildman–Crippen MR) is 103 cm³/mol. The van der Waals surface area contributed by atoms with Crippen LogP contribution in [-0.4, -0.2) is 26.0 Å². The first kappa shape index (κ1) is 19.4. The maximum atomic E-state index is 2.27. The maximum Gasteiger partial charge on any atom is 0.00893 e. The van der Waals surface area contributed by atoms with Gasteiger partial charge in [0.15, 0.2) is 0 Å². The highest BCUT2D eigenvalue weighted by atomic mass is 15.0. The first-order valence-electron chi connectivity index (χ1n) is 8.86. The fourth-order valence-electron chi connectivity index (χ4n) is 2.67. The van der Waals surface area contributed by atoms with Gasteiger partial charge in [0, 0.05) is 5.92 Å². The topological polar surface area (TPSA) is 3.24 Å². The van der Waals surface area contributed by atoms with Gasteiger partial charge in [-0.2, -0.15) is 0 Å². The Kier molecular flexibility index (Phi) is 10.1. The monoisotopic (exact) mass is 311 g/mol. The van der Waals surface area contributed by atoms with Crippen LogP contribution < -0.4 is 0 Å². The molecule has 0 aliphatic carbocycles. The Morgan fingerprint density at radius 1 is 0.696 bits per heavy atom. The molecule has 0 spiro atoms. The van der Waals surface area contributed by atoms with Crippen LogP contribution >= 0.6 is 0 Å². The van der Waals surface area contributed by atoms with E-state index in [-0.39, 0.29) is 0 Å². The summed E-state index contributed by atoms with van der Waals surface area (Å²) < 4.78 is 0. The molecule has 0 unspecified atom stereocenters. The minimum atomic E-state index is 0.555. The van der Waals surface area contributed by atoms with Gasteiger partial charge in [-0.05, 0) is 38.7 Å². The van der Waals surface area contributed by atoms with E-state index >= 15 is 0 Å². The predicted octanol–water partition coefficient (Wildman–Crippen LogP) is 5.97. The Balaban J connectivity index is 0.000000593. The minimum Gasteiger partial charge on any atom is -0.312 e. The lowest BCUT2D eigenvalue weighted by Gasteiger charge is -2.18. The molecule has 1 nitrogen and oxygen atoms in total. The second-order valence-corrected chi connectivity index (χ2v) is 6.56. The molecule has 0 aromatic heterocycles. The van der Waals surface area contributed by atoms with Gasteiger partial charge in [-0.3, -0.25) is 0 Å². The van der Waals surface area contributed by atoms with Gasteiger partial charge in [0.25, 0.3) is 0 Å². The summed E-state index contributed by atoms with van der Waals surface area (Å²) in [6, 6.07) is 21.8. The quantitative estimate of drug-likeness (QED) is 0.570. The van der Waals surface area contributed by atoms with Gasteiger partial charge < -0.3 is 4.90 Å². The van der Waals surface area contributed by atoms with Gasteiger partial charge in [0.2, 0.25) is 0 Å². The minimum absolute atomic E-state index is 0.555. The van der Waals surface area contributed by atoms with Gasteiger partial charge in [0.05, 0.1) is 0 Å². The van der Waals surface area contributed by atoms with Crippen molar-refractivity contribution in [2.24, 2.45) is 0 Å². The van der Waals surface area contributed by atoms with E-state index in [2.05, 4.69) is 67.6 Å². The molecule has 0 aliphatic heterocycles. The van der Waals surface area contributed by atoms with Crippen LogP contribution in [0.2, 0.25) is 0 Å². The first-order valence-corrected chi connectivity index (χ1v) is 8.86. The largest absolute Gasteiger partial charge is 0.312 e. The van der Waals surface area contributed by atoms with E-state index in [0.717, 1.165) is 0 Å². The van der Waals surface area contributed by atoms with Crippen molar-refractivity contribution in [3.63, 3.8) is 0 Å². The lowest BCUT2D eigenvalue weighted by atomic mass is 9.87. The fourth-order valence-corrected chi connectivity index (χ4v) is 2.67. The zero-order chi connectivity index (χ0) is 16.9. The molecule has 0 bridgehead atoms. The molecule has 126 valence electrons. The molecule has 0 aliphatic rings. The third-order valence-corrected chi connectivity index (χ3v) is 3.75. The van der Waals surface area contributed by atoms with Crippen molar-refractivity contribution in [1.29, 1.82) is 0 Å². The van der Waals surface area contributed by atoms with Gasteiger partial charge in [-0.25, -0.2) is 0 Å². The number of unbranched alkanes of at least 4 members (excludes halogenated alkanes) is 3. The summed E-state index contributed by atoms with van der Waals surface area (Å²) in [7, 11) is 6.00. The zero-order valence-electron chi connectivity index (χ0n) is 15.3. The molecule has 23 heavy (non-hydrogen) atoms. The summed E-state index contributed by atoms with van der Waals surface area (Å²) in [6.07, 6.45) is 6.60. The Hall–Kier alpha value is -1.60. The van der Waals surface area contributed by atoms with E-state index in [4.69, 9.17) is 0 Å². The maximum absolute atomic E-state index is 2.27. The number of benzene rings is 2. The van der Waals surface area contributed by atoms with Gasteiger partial charge in [-0.15, -0.1) is 0 Å². The van der Waals surface area contributed by atoms with Crippen LogP contribution in [0.25, 0.3) is 0 Å². The van der Waals surface area contributed by atoms with Crippen LogP contribution in [-0.2, 0) is 0 Å². The Morgan fingerprint density at radius 2 is 1.13 bits per heavy atom. The molecule has 0 saturated heterocycles. The molecule has 0 radical (unpaired) electrons. The molecule has 2 aromatic rings. The molecule has 0 saturated carbocycles. The Morgan fingerprint density at radius 3 is 1.52 bits per heavy atom. The van der Waals surface area contributed by atoms with Gasteiger partial charge in [-0.1, -0.05) is 93.3 Å². The number of hydrogen-bond donors (Lipinski definition) is 0. The van der Waals surface area contributed by atoms with Crippen LogP contribution in [0.15, 0.2) is 60.7 Å². The molecule has 2 rings (SSSR count). The summed E-state index contributed by atoms with van der Waals surface area (Å²) in [5.74, 6) is 0.555. The van der Waals surface area contributed by atoms with E-state index in [9.17, 15) is 0 Å². The van der Waals surface area contributed by atoms with E-state index in [1.807, 2.05) is 26.0 Å². The SMILES string of the molecule is CCCCCCC(c1ccccc1)c1ccccc1.CN(C)C. The second kappa shape index (κ2) is 11.9. The summed E-state index contributed by atoms with van der Waals surface area (Å²) in [6.45, 7) is 2.27. The van der Waals surface area contributed by atoms with Gasteiger partial charge >= 0.3 is 0 Å². The normalized spacial score (nSPS) is 10.5. The molecule has 2 aromatic carbocycles. The van der Waals surface area contributed by atoms with Crippen molar-refractivity contribution in [3.05, 3.63) is 71.8 Å². The van der Waals surface area contributed by atoms with Crippen LogP contribution in [0, 0.1) is 0 Å². The van der Waals surface area contributed by atoms with Gasteiger partial charge in [0.1, 0.15) is 0 Å². The summed E-state index contributed by atoms with van der Waals surface area (Å²) in [5, 5.41) is 0. The third-order valence-electron chi connectivity index (χ3n) is 3.75. The lowest BCUT2D eigenvalue weighted by molar-refractivity contribution is 0.505. The van der Waals surface area contributed by atoms with Crippen molar-refractivity contribution in [3.8, 4) is 0 Å². The Bertz CT molecular complexity index is 448. The van der Waals surface area contributed by atoms with Crippen LogP contribution in [0.3, 0.4) is 0 Å². The fraction of sp³-hybridized carbons (Fsp3) is 0.455. The molecule has 0 atom stereocenters. The highest BCUT2D eigenvalue weighted by Gasteiger charge is 2.12. The summed E-state index contributed by atoms with van der Waals surface area (Å²) in [5.41, 5.74) is 2.90. The van der Waals surface area contributed by atoms with Crippen molar-refractivity contribution in [1.82, 2.24) is 4.90 Å². The average molecular weight is 312 g/mol.